The fourth-order valence-electron chi connectivity index (χ4n) is 3.53. The lowest BCUT2D eigenvalue weighted by atomic mass is 10.3. The van der Waals surface area contributed by atoms with E-state index in [0.717, 1.165) is 21.6 Å². The van der Waals surface area contributed by atoms with Gasteiger partial charge in [-0.05, 0) is 32.9 Å². The molecule has 4 rings (SSSR count). The van der Waals surface area contributed by atoms with Crippen LogP contribution in [0.25, 0.3) is 22.6 Å². The number of carbonyl (C=O) groups excluding carboxylic acids is 1. The third-order valence-corrected chi connectivity index (χ3v) is 5.31. The van der Waals surface area contributed by atoms with Gasteiger partial charge in [0, 0.05) is 18.4 Å². The van der Waals surface area contributed by atoms with Crippen LogP contribution >= 0.6 is 11.6 Å². The predicted octanol–water partition coefficient (Wildman–Crippen LogP) is 2.00. The monoisotopic (exact) mass is 399 g/mol. The molecule has 0 unspecified atom stereocenters. The molecule has 0 saturated heterocycles. The van der Waals surface area contributed by atoms with E-state index in [-0.39, 0.29) is 23.5 Å². The van der Waals surface area contributed by atoms with Gasteiger partial charge in [0.05, 0.1) is 17.3 Å². The second-order valence-corrected chi connectivity index (χ2v) is 7.22. The molecule has 0 aliphatic heterocycles. The smallest absolute Gasteiger partial charge is 0.298 e. The number of benzene rings is 1. The van der Waals surface area contributed by atoms with Gasteiger partial charge in [-0.25, -0.2) is 4.79 Å². The molecule has 0 aliphatic rings. The Morgan fingerprint density at radius 3 is 2.46 bits per heavy atom. The van der Waals surface area contributed by atoms with Crippen LogP contribution in [0.1, 0.15) is 18.3 Å². The van der Waals surface area contributed by atoms with Gasteiger partial charge < -0.3 is 0 Å². The first-order chi connectivity index (χ1) is 13.2. The van der Waals surface area contributed by atoms with Crippen LogP contribution in [0.4, 0.5) is 0 Å². The Morgan fingerprint density at radius 2 is 1.82 bits per heavy atom. The van der Waals surface area contributed by atoms with Crippen LogP contribution in [0.5, 0.6) is 0 Å². The Balaban J connectivity index is 2.22. The number of hydrogen-bond acceptors (Lipinski definition) is 4. The van der Waals surface area contributed by atoms with Gasteiger partial charge in [0.1, 0.15) is 5.78 Å². The van der Waals surface area contributed by atoms with Crippen molar-refractivity contribution in [3.8, 4) is 5.69 Å². The molecule has 1 aromatic carbocycles. The quantitative estimate of drug-likeness (QED) is 0.527. The van der Waals surface area contributed by atoms with E-state index in [1.165, 1.54) is 18.5 Å². The minimum atomic E-state index is -0.577. The maximum Gasteiger partial charge on any atom is 0.332 e. The first-order valence-corrected chi connectivity index (χ1v) is 9.06. The van der Waals surface area contributed by atoms with Gasteiger partial charge in [-0.15, -0.1) is 0 Å². The molecule has 0 N–H and O–H groups in total. The summed E-state index contributed by atoms with van der Waals surface area (Å²) in [6, 6.07) is 7.34. The van der Waals surface area contributed by atoms with E-state index in [0.29, 0.717) is 10.8 Å². The van der Waals surface area contributed by atoms with Crippen LogP contribution in [0.15, 0.2) is 33.9 Å². The summed E-state index contributed by atoms with van der Waals surface area (Å²) in [6.07, 6.45) is 0. The minimum Gasteiger partial charge on any atom is -0.298 e. The molecule has 0 atom stereocenters. The van der Waals surface area contributed by atoms with Gasteiger partial charge in [-0.3, -0.25) is 27.7 Å². The van der Waals surface area contributed by atoms with Gasteiger partial charge in [0.25, 0.3) is 5.56 Å². The van der Waals surface area contributed by atoms with E-state index >= 15 is 0 Å². The average Bonchev–Trinajstić information content (AvgIpc) is 3.14. The van der Waals surface area contributed by atoms with E-state index in [2.05, 4.69) is 4.98 Å². The highest BCUT2D eigenvalue weighted by Gasteiger charge is 2.24. The molecule has 3 aromatic heterocycles. The average molecular weight is 400 g/mol. The zero-order chi connectivity index (χ0) is 20.3. The number of para-hydroxylation sites is 1. The molecule has 144 valence electrons. The zero-order valence-electron chi connectivity index (χ0n) is 15.9. The van der Waals surface area contributed by atoms with Crippen LogP contribution in [0.3, 0.4) is 0 Å². The molecule has 0 saturated carbocycles. The van der Waals surface area contributed by atoms with Crippen molar-refractivity contribution in [2.75, 3.05) is 0 Å². The summed E-state index contributed by atoms with van der Waals surface area (Å²) in [4.78, 5) is 41.8. The third kappa shape index (κ3) is 2.37. The molecular weight excluding hydrogens is 382 g/mol. The highest BCUT2D eigenvalue weighted by atomic mass is 35.5. The van der Waals surface area contributed by atoms with Crippen molar-refractivity contribution in [1.82, 2.24) is 23.1 Å². The number of hydrogen-bond donors (Lipinski definition) is 0. The van der Waals surface area contributed by atoms with Crippen molar-refractivity contribution in [2.24, 2.45) is 7.05 Å². The predicted molar refractivity (Wildman–Crippen MR) is 107 cm³/mol. The van der Waals surface area contributed by atoms with Gasteiger partial charge in [0.15, 0.2) is 11.2 Å². The van der Waals surface area contributed by atoms with Crippen molar-refractivity contribution in [1.29, 1.82) is 0 Å². The largest absolute Gasteiger partial charge is 0.332 e. The Kier molecular flexibility index (Phi) is 4.04. The van der Waals surface area contributed by atoms with Crippen molar-refractivity contribution < 1.29 is 4.79 Å². The molecule has 4 aromatic rings. The summed E-state index contributed by atoms with van der Waals surface area (Å²) in [6.45, 7) is 4.84. The lowest BCUT2D eigenvalue weighted by Crippen LogP contribution is -2.40. The Hall–Kier alpha value is -3.13. The normalized spacial score (nSPS) is 11.6. The third-order valence-electron chi connectivity index (χ3n) is 4.99. The Labute approximate surface area is 164 Å². The summed E-state index contributed by atoms with van der Waals surface area (Å²) >= 11 is 6.39. The zero-order valence-corrected chi connectivity index (χ0v) is 16.6. The van der Waals surface area contributed by atoms with Crippen LogP contribution in [-0.2, 0) is 18.4 Å². The summed E-state index contributed by atoms with van der Waals surface area (Å²) in [5.41, 5.74) is 1.78. The van der Waals surface area contributed by atoms with Crippen molar-refractivity contribution >= 4 is 34.3 Å². The summed E-state index contributed by atoms with van der Waals surface area (Å²) in [5, 5.41) is 0.540. The number of aryl methyl sites for hydroxylation is 2. The lowest BCUT2D eigenvalue weighted by Gasteiger charge is -2.08. The molecule has 28 heavy (non-hydrogen) atoms. The minimum absolute atomic E-state index is 0.254. The van der Waals surface area contributed by atoms with Crippen LogP contribution in [0, 0.1) is 13.8 Å². The number of halogens is 1. The van der Waals surface area contributed by atoms with Gasteiger partial charge >= 0.3 is 5.69 Å². The molecule has 0 fully saturated rings. The number of carbonyl (C=O) groups is 1. The molecule has 0 aliphatic carbocycles. The topological polar surface area (TPSA) is 83.3 Å². The number of aromatic nitrogens is 5. The van der Waals surface area contributed by atoms with Crippen molar-refractivity contribution in [3.63, 3.8) is 0 Å². The van der Waals surface area contributed by atoms with Crippen LogP contribution in [0.2, 0.25) is 5.02 Å². The molecule has 8 nitrogen and oxygen atoms in total. The van der Waals surface area contributed by atoms with Gasteiger partial charge in [-0.1, -0.05) is 23.7 Å². The molecule has 0 radical (unpaired) electrons. The Bertz CT molecular complexity index is 1400. The second-order valence-electron chi connectivity index (χ2n) is 6.81. The molecule has 3 heterocycles. The maximum atomic E-state index is 13.1. The number of ketones is 1. The van der Waals surface area contributed by atoms with Crippen molar-refractivity contribution in [3.05, 3.63) is 61.5 Å². The van der Waals surface area contributed by atoms with E-state index in [1.54, 1.807) is 10.5 Å². The highest BCUT2D eigenvalue weighted by molar-refractivity contribution is 6.32. The summed E-state index contributed by atoms with van der Waals surface area (Å²) in [7, 11) is 1.54. The number of imidazole rings is 2. The van der Waals surface area contributed by atoms with E-state index in [4.69, 9.17) is 11.6 Å². The SMILES string of the molecule is CC(=O)Cn1c(=O)c2c(nc3n(-c4ccccc4Cl)c(C)c(C)n23)n(C)c1=O. The van der Waals surface area contributed by atoms with Gasteiger partial charge in [-0.2, -0.15) is 4.98 Å². The molecular formula is C19H18ClN5O3. The molecule has 0 spiro atoms. The molecule has 0 bridgehead atoms. The highest BCUT2D eigenvalue weighted by Crippen LogP contribution is 2.28. The second kappa shape index (κ2) is 6.20. The van der Waals surface area contributed by atoms with Crippen LogP contribution < -0.4 is 11.2 Å². The summed E-state index contributed by atoms with van der Waals surface area (Å²) in [5.74, 6) is 0.201. The van der Waals surface area contributed by atoms with Crippen LogP contribution in [-0.4, -0.2) is 28.9 Å². The lowest BCUT2D eigenvalue weighted by molar-refractivity contribution is -0.117. The first kappa shape index (κ1) is 18.2. The maximum absolute atomic E-state index is 13.1. The first-order valence-electron chi connectivity index (χ1n) is 8.68. The number of Topliss-reactive ketones (excluding diaryl/α,β-unsaturated/α-hetero) is 1. The van der Waals surface area contributed by atoms with E-state index in [1.807, 2.05) is 36.6 Å². The fourth-order valence-corrected chi connectivity index (χ4v) is 3.75. The van der Waals surface area contributed by atoms with Gasteiger partial charge in [0.2, 0.25) is 5.78 Å². The Morgan fingerprint density at radius 1 is 1.14 bits per heavy atom. The number of rotatable bonds is 3. The standard InChI is InChI=1S/C19H18ClN5O3/c1-10(26)9-23-17(27)15-16(22(4)19(23)28)21-18-24(11(2)12(3)25(15)18)14-8-6-5-7-13(14)20/h5-8H,9H2,1-4H3. The number of nitrogens with zero attached hydrogens (tertiary/aromatic N) is 5. The van der Waals surface area contributed by atoms with E-state index in [9.17, 15) is 14.4 Å². The molecule has 0 amide bonds. The fraction of sp³-hybridized carbons (Fsp3) is 0.263. The summed E-state index contributed by atoms with van der Waals surface area (Å²) < 4.78 is 5.81. The van der Waals surface area contributed by atoms with Crippen molar-refractivity contribution in [2.45, 2.75) is 27.3 Å². The number of fused-ring (bicyclic) bond motifs is 3. The molecule has 9 heteroatoms. The van der Waals surface area contributed by atoms with E-state index < -0.39 is 11.2 Å².